The SMILES string of the molecule is Cl.Cl.O=C(Nc1cccc(C(=O)NC2CCCNC2)c1)c1cccnc1. The number of nitrogens with zero attached hydrogens (tertiary/aromatic N) is 1. The summed E-state index contributed by atoms with van der Waals surface area (Å²) in [5.41, 5.74) is 1.59. The van der Waals surface area contributed by atoms with E-state index in [1.165, 1.54) is 6.20 Å². The van der Waals surface area contributed by atoms with Gasteiger partial charge in [-0.1, -0.05) is 6.07 Å². The van der Waals surface area contributed by atoms with E-state index in [9.17, 15) is 9.59 Å². The van der Waals surface area contributed by atoms with Gasteiger partial charge >= 0.3 is 0 Å². The minimum absolute atomic E-state index is 0. The molecule has 1 atom stereocenters. The van der Waals surface area contributed by atoms with Crippen molar-refractivity contribution in [3.05, 3.63) is 59.9 Å². The smallest absolute Gasteiger partial charge is 0.257 e. The molecule has 8 heteroatoms. The van der Waals surface area contributed by atoms with Crippen molar-refractivity contribution in [2.45, 2.75) is 18.9 Å². The summed E-state index contributed by atoms with van der Waals surface area (Å²) in [5, 5.41) is 9.08. The third-order valence-corrected chi connectivity index (χ3v) is 3.94. The van der Waals surface area contributed by atoms with Crippen LogP contribution in [0.5, 0.6) is 0 Å². The van der Waals surface area contributed by atoms with E-state index in [4.69, 9.17) is 0 Å². The van der Waals surface area contributed by atoms with Crippen LogP contribution >= 0.6 is 24.8 Å². The van der Waals surface area contributed by atoms with Gasteiger partial charge in [0.2, 0.25) is 0 Å². The molecule has 0 radical (unpaired) electrons. The van der Waals surface area contributed by atoms with Crippen molar-refractivity contribution in [2.24, 2.45) is 0 Å². The van der Waals surface area contributed by atoms with Crippen molar-refractivity contribution in [2.75, 3.05) is 18.4 Å². The molecule has 1 fully saturated rings. The fourth-order valence-corrected chi connectivity index (χ4v) is 2.68. The van der Waals surface area contributed by atoms with Gasteiger partial charge in [-0.15, -0.1) is 24.8 Å². The molecule has 0 saturated carbocycles. The van der Waals surface area contributed by atoms with Gasteiger partial charge in [0.05, 0.1) is 5.56 Å². The molecule has 2 amide bonds. The van der Waals surface area contributed by atoms with E-state index in [0.717, 1.165) is 25.9 Å². The Kier molecular flexibility index (Phi) is 9.05. The molecule has 1 saturated heterocycles. The fourth-order valence-electron chi connectivity index (χ4n) is 2.68. The second-order valence-electron chi connectivity index (χ2n) is 5.79. The lowest BCUT2D eigenvalue weighted by molar-refractivity contribution is 0.0929. The molecule has 3 rings (SSSR count). The van der Waals surface area contributed by atoms with Crippen LogP contribution in [0.1, 0.15) is 33.6 Å². The molecule has 1 aliphatic heterocycles. The minimum Gasteiger partial charge on any atom is -0.348 e. The zero-order valence-corrected chi connectivity index (χ0v) is 15.7. The van der Waals surface area contributed by atoms with E-state index in [1.807, 2.05) is 0 Å². The van der Waals surface area contributed by atoms with Crippen LogP contribution in [0, 0.1) is 0 Å². The van der Waals surface area contributed by atoms with Crippen LogP contribution in [-0.2, 0) is 0 Å². The number of hydrogen-bond donors (Lipinski definition) is 3. The van der Waals surface area contributed by atoms with Crippen molar-refractivity contribution in [1.82, 2.24) is 15.6 Å². The first-order valence-corrected chi connectivity index (χ1v) is 8.05. The Labute approximate surface area is 165 Å². The average Bonchev–Trinajstić information content (AvgIpc) is 2.63. The molecule has 26 heavy (non-hydrogen) atoms. The molecule has 140 valence electrons. The summed E-state index contributed by atoms with van der Waals surface area (Å²) in [4.78, 5) is 28.4. The second kappa shape index (κ2) is 10.8. The molecule has 1 aromatic carbocycles. The number of aromatic nitrogens is 1. The van der Waals surface area contributed by atoms with E-state index in [2.05, 4.69) is 20.9 Å². The third-order valence-electron chi connectivity index (χ3n) is 3.94. The van der Waals surface area contributed by atoms with Crippen LogP contribution in [0.15, 0.2) is 48.8 Å². The summed E-state index contributed by atoms with van der Waals surface area (Å²) in [7, 11) is 0. The van der Waals surface area contributed by atoms with Crippen LogP contribution in [0.25, 0.3) is 0 Å². The first-order valence-electron chi connectivity index (χ1n) is 8.05. The van der Waals surface area contributed by atoms with Gasteiger partial charge in [0.15, 0.2) is 0 Å². The zero-order valence-electron chi connectivity index (χ0n) is 14.1. The number of amides is 2. The van der Waals surface area contributed by atoms with Gasteiger partial charge in [-0.3, -0.25) is 14.6 Å². The van der Waals surface area contributed by atoms with E-state index >= 15 is 0 Å². The Morgan fingerprint density at radius 3 is 2.58 bits per heavy atom. The molecule has 2 aromatic rings. The lowest BCUT2D eigenvalue weighted by Crippen LogP contribution is -2.45. The number of anilines is 1. The molecule has 0 aliphatic carbocycles. The highest BCUT2D eigenvalue weighted by atomic mass is 35.5. The van der Waals surface area contributed by atoms with Crippen molar-refractivity contribution in [3.8, 4) is 0 Å². The van der Waals surface area contributed by atoms with Gasteiger partial charge in [0.1, 0.15) is 0 Å². The van der Waals surface area contributed by atoms with E-state index in [1.54, 1.807) is 42.6 Å². The first-order chi connectivity index (χ1) is 11.7. The predicted molar refractivity (Wildman–Crippen MR) is 106 cm³/mol. The van der Waals surface area contributed by atoms with Gasteiger partial charge < -0.3 is 16.0 Å². The van der Waals surface area contributed by atoms with Gasteiger partial charge in [-0.05, 0) is 49.7 Å². The summed E-state index contributed by atoms with van der Waals surface area (Å²) in [6.07, 6.45) is 5.16. The molecule has 2 heterocycles. The molecule has 3 N–H and O–H groups in total. The van der Waals surface area contributed by atoms with E-state index in [0.29, 0.717) is 16.8 Å². The van der Waals surface area contributed by atoms with Crippen LogP contribution in [-0.4, -0.2) is 35.9 Å². The van der Waals surface area contributed by atoms with Gasteiger partial charge in [-0.25, -0.2) is 0 Å². The first kappa shape index (κ1) is 21.9. The summed E-state index contributed by atoms with van der Waals surface area (Å²) < 4.78 is 0. The predicted octanol–water partition coefficient (Wildman–Crippen LogP) is 2.66. The molecular formula is C18H22Cl2N4O2. The summed E-state index contributed by atoms with van der Waals surface area (Å²) in [5.74, 6) is -0.377. The van der Waals surface area contributed by atoms with Crippen molar-refractivity contribution < 1.29 is 9.59 Å². The van der Waals surface area contributed by atoms with Crippen LogP contribution in [0.3, 0.4) is 0 Å². The van der Waals surface area contributed by atoms with Gasteiger partial charge in [0, 0.05) is 36.2 Å². The molecular weight excluding hydrogens is 375 g/mol. The number of carbonyl (C=O) groups is 2. The number of rotatable bonds is 4. The standard InChI is InChI=1S/C18H20N4O2.2ClH/c23-17(22-16-7-3-9-20-12-16)13-4-1-6-15(10-13)21-18(24)14-5-2-8-19-11-14;;/h1-2,4-6,8,10-11,16,20H,3,7,9,12H2,(H,21,24)(H,22,23);2*1H. The molecule has 1 aromatic heterocycles. The highest BCUT2D eigenvalue weighted by molar-refractivity contribution is 6.04. The Morgan fingerprint density at radius 1 is 1.08 bits per heavy atom. The summed E-state index contributed by atoms with van der Waals surface area (Å²) in [6, 6.07) is 10.5. The van der Waals surface area contributed by atoms with Gasteiger partial charge in [0.25, 0.3) is 11.8 Å². The molecule has 1 aliphatic rings. The zero-order chi connectivity index (χ0) is 16.8. The lowest BCUT2D eigenvalue weighted by Gasteiger charge is -2.23. The normalized spacial score (nSPS) is 15.8. The average molecular weight is 397 g/mol. The third kappa shape index (κ3) is 5.98. The Morgan fingerprint density at radius 2 is 1.88 bits per heavy atom. The monoisotopic (exact) mass is 396 g/mol. The molecule has 1 unspecified atom stereocenters. The second-order valence-corrected chi connectivity index (χ2v) is 5.79. The lowest BCUT2D eigenvalue weighted by atomic mass is 10.1. The topological polar surface area (TPSA) is 83.1 Å². The number of pyridine rings is 1. The molecule has 6 nitrogen and oxygen atoms in total. The van der Waals surface area contributed by atoms with Gasteiger partial charge in [-0.2, -0.15) is 0 Å². The van der Waals surface area contributed by atoms with Crippen LogP contribution in [0.2, 0.25) is 0 Å². The van der Waals surface area contributed by atoms with Crippen LogP contribution in [0.4, 0.5) is 5.69 Å². The maximum absolute atomic E-state index is 12.4. The number of piperidine rings is 1. The Bertz CT molecular complexity index is 722. The maximum atomic E-state index is 12.4. The van der Waals surface area contributed by atoms with Crippen molar-refractivity contribution >= 4 is 42.3 Å². The number of halogens is 2. The number of carbonyl (C=O) groups excluding carboxylic acids is 2. The molecule has 0 spiro atoms. The number of nitrogens with one attached hydrogen (secondary N) is 3. The van der Waals surface area contributed by atoms with Crippen molar-refractivity contribution in [1.29, 1.82) is 0 Å². The highest BCUT2D eigenvalue weighted by Crippen LogP contribution is 2.13. The number of benzene rings is 1. The maximum Gasteiger partial charge on any atom is 0.257 e. The highest BCUT2D eigenvalue weighted by Gasteiger charge is 2.16. The summed E-state index contributed by atoms with van der Waals surface area (Å²) >= 11 is 0. The van der Waals surface area contributed by atoms with Crippen molar-refractivity contribution in [3.63, 3.8) is 0 Å². The fraction of sp³-hybridized carbons (Fsp3) is 0.278. The minimum atomic E-state index is -0.253. The quantitative estimate of drug-likeness (QED) is 0.741. The van der Waals surface area contributed by atoms with Crippen LogP contribution < -0.4 is 16.0 Å². The number of hydrogen-bond acceptors (Lipinski definition) is 4. The van der Waals surface area contributed by atoms with E-state index < -0.39 is 0 Å². The summed E-state index contributed by atoms with van der Waals surface area (Å²) in [6.45, 7) is 1.80. The Balaban J connectivity index is 0.00000169. The largest absolute Gasteiger partial charge is 0.348 e. The van der Waals surface area contributed by atoms with E-state index in [-0.39, 0.29) is 42.7 Å². The molecule has 0 bridgehead atoms. The Hall–Kier alpha value is -2.15.